The van der Waals surface area contributed by atoms with Crippen molar-refractivity contribution in [3.05, 3.63) is 18.2 Å². The van der Waals surface area contributed by atoms with Crippen LogP contribution in [-0.2, 0) is 0 Å². The number of anilines is 1. The number of nitrogens with one attached hydrogen (secondary N) is 1. The Kier molecular flexibility index (Phi) is 4.15. The highest BCUT2D eigenvalue weighted by atomic mass is 19.3. The van der Waals surface area contributed by atoms with Gasteiger partial charge in [-0.05, 0) is 12.1 Å². The van der Waals surface area contributed by atoms with E-state index in [1.165, 1.54) is 7.11 Å². The van der Waals surface area contributed by atoms with Crippen LogP contribution in [0.15, 0.2) is 18.2 Å². The van der Waals surface area contributed by atoms with Gasteiger partial charge in [0.2, 0.25) is 0 Å². The molecule has 1 rings (SSSR count). The van der Waals surface area contributed by atoms with Crippen molar-refractivity contribution >= 4 is 5.69 Å². The van der Waals surface area contributed by atoms with Gasteiger partial charge in [-0.3, -0.25) is 0 Å². The second-order valence-electron chi connectivity index (χ2n) is 2.82. The number of ether oxygens (including phenoxy) is 2. The maximum Gasteiger partial charge on any atom is 0.272 e. The molecule has 0 amide bonds. The van der Waals surface area contributed by atoms with Crippen LogP contribution in [0.1, 0.15) is 0 Å². The largest absolute Gasteiger partial charge is 0.493 e. The maximum atomic E-state index is 11.9. The van der Waals surface area contributed by atoms with Crippen LogP contribution >= 0.6 is 0 Å². The van der Waals surface area contributed by atoms with Gasteiger partial charge in [0.15, 0.2) is 11.5 Å². The Bertz CT molecular complexity index is 318. The molecular weight excluding hydrogens is 204 g/mol. The summed E-state index contributed by atoms with van der Waals surface area (Å²) in [6.45, 7) is -0.630. The van der Waals surface area contributed by atoms with Crippen molar-refractivity contribution in [1.82, 2.24) is 0 Å². The minimum absolute atomic E-state index is 0.316. The third-order valence-corrected chi connectivity index (χ3v) is 1.82. The monoisotopic (exact) mass is 217 g/mol. The zero-order chi connectivity index (χ0) is 11.3. The molecule has 5 heteroatoms. The second kappa shape index (κ2) is 5.38. The Morgan fingerprint density at radius 2 is 2.07 bits per heavy atom. The second-order valence-corrected chi connectivity index (χ2v) is 2.82. The summed E-state index contributed by atoms with van der Waals surface area (Å²) in [6.07, 6.45) is -2.49. The molecule has 0 unspecified atom stereocenters. The fraction of sp³-hybridized carbons (Fsp3) is 0.400. The Hall–Kier alpha value is -1.52. The van der Waals surface area contributed by atoms with Crippen molar-refractivity contribution < 1.29 is 18.3 Å². The number of hydrogen-bond donors (Lipinski definition) is 1. The Balaban J connectivity index is 2.78. The van der Waals surface area contributed by atoms with E-state index >= 15 is 0 Å². The van der Waals surface area contributed by atoms with Gasteiger partial charge in [-0.25, -0.2) is 8.78 Å². The van der Waals surface area contributed by atoms with Crippen LogP contribution in [-0.4, -0.2) is 27.2 Å². The van der Waals surface area contributed by atoms with Crippen LogP contribution in [0.2, 0.25) is 0 Å². The zero-order valence-corrected chi connectivity index (χ0v) is 8.59. The summed E-state index contributed by atoms with van der Waals surface area (Å²) in [7, 11) is 3.22. The minimum atomic E-state index is -2.49. The van der Waals surface area contributed by atoms with Crippen LogP contribution in [0.5, 0.6) is 11.5 Å². The van der Waals surface area contributed by atoms with Crippen LogP contribution in [0, 0.1) is 0 Å². The Morgan fingerprint density at radius 3 is 2.60 bits per heavy atom. The maximum absolute atomic E-state index is 11.9. The van der Waals surface area contributed by atoms with E-state index in [-0.39, 0.29) is 0 Å². The highest BCUT2D eigenvalue weighted by Crippen LogP contribution is 2.30. The molecule has 1 aromatic rings. The average molecular weight is 217 g/mol. The van der Waals surface area contributed by atoms with Crippen molar-refractivity contribution in [2.24, 2.45) is 0 Å². The lowest BCUT2D eigenvalue weighted by Crippen LogP contribution is -2.07. The average Bonchev–Trinajstić information content (AvgIpc) is 2.25. The highest BCUT2D eigenvalue weighted by Gasteiger charge is 2.08. The lowest BCUT2D eigenvalue weighted by atomic mass is 10.3. The highest BCUT2D eigenvalue weighted by molar-refractivity contribution is 5.54. The molecule has 0 spiro atoms. The van der Waals surface area contributed by atoms with Gasteiger partial charge in [0.1, 0.15) is 6.61 Å². The van der Waals surface area contributed by atoms with Gasteiger partial charge < -0.3 is 14.8 Å². The zero-order valence-electron chi connectivity index (χ0n) is 8.59. The molecule has 1 aromatic carbocycles. The first kappa shape index (κ1) is 11.6. The van der Waals surface area contributed by atoms with Gasteiger partial charge in [0, 0.05) is 18.8 Å². The topological polar surface area (TPSA) is 30.5 Å². The Morgan fingerprint density at radius 1 is 1.33 bits per heavy atom. The molecule has 1 N–H and O–H groups in total. The number of rotatable bonds is 5. The van der Waals surface area contributed by atoms with Gasteiger partial charge in [-0.15, -0.1) is 0 Å². The molecule has 0 bridgehead atoms. The fourth-order valence-corrected chi connectivity index (χ4v) is 1.10. The summed E-state index contributed by atoms with van der Waals surface area (Å²) in [5, 5.41) is 2.91. The molecule has 0 heterocycles. The molecule has 0 aliphatic rings. The lowest BCUT2D eigenvalue weighted by Gasteiger charge is -2.11. The standard InChI is InChI=1S/C10H13F2NO2/c1-13-7-3-4-8(9(5-7)14-2)15-6-10(11)12/h3-5,10,13H,6H2,1-2H3. The lowest BCUT2D eigenvalue weighted by molar-refractivity contribution is 0.0804. The van der Waals surface area contributed by atoms with Crippen molar-refractivity contribution in [3.8, 4) is 11.5 Å². The molecule has 0 fully saturated rings. The van der Waals surface area contributed by atoms with Crippen molar-refractivity contribution in [1.29, 1.82) is 0 Å². The van der Waals surface area contributed by atoms with Crippen LogP contribution in [0.4, 0.5) is 14.5 Å². The first-order valence-electron chi connectivity index (χ1n) is 4.44. The van der Waals surface area contributed by atoms with E-state index in [2.05, 4.69) is 5.32 Å². The number of hydrogen-bond acceptors (Lipinski definition) is 3. The van der Waals surface area contributed by atoms with E-state index in [1.807, 2.05) is 0 Å². The van der Waals surface area contributed by atoms with E-state index in [1.54, 1.807) is 25.2 Å². The fourth-order valence-electron chi connectivity index (χ4n) is 1.10. The summed E-state index contributed by atoms with van der Waals surface area (Å²) in [5.74, 6) is 0.749. The van der Waals surface area contributed by atoms with Gasteiger partial charge in [-0.2, -0.15) is 0 Å². The molecule has 0 saturated heterocycles. The summed E-state index contributed by atoms with van der Waals surface area (Å²) >= 11 is 0. The Labute approximate surface area is 87.0 Å². The van der Waals surface area contributed by atoms with E-state index in [9.17, 15) is 8.78 Å². The molecule has 0 aliphatic carbocycles. The van der Waals surface area contributed by atoms with Gasteiger partial charge in [0.05, 0.1) is 7.11 Å². The molecule has 15 heavy (non-hydrogen) atoms. The summed E-state index contributed by atoms with van der Waals surface area (Å²) in [5.41, 5.74) is 0.830. The van der Waals surface area contributed by atoms with Crippen LogP contribution < -0.4 is 14.8 Å². The summed E-state index contributed by atoms with van der Waals surface area (Å²) < 4.78 is 33.7. The van der Waals surface area contributed by atoms with Crippen LogP contribution in [0.3, 0.4) is 0 Å². The molecule has 84 valence electrons. The minimum Gasteiger partial charge on any atom is -0.493 e. The number of alkyl halides is 2. The third-order valence-electron chi connectivity index (χ3n) is 1.82. The molecule has 0 saturated carbocycles. The first-order valence-corrected chi connectivity index (χ1v) is 4.44. The van der Waals surface area contributed by atoms with Crippen molar-refractivity contribution in [3.63, 3.8) is 0 Å². The number of methoxy groups -OCH3 is 1. The van der Waals surface area contributed by atoms with E-state index < -0.39 is 13.0 Å². The predicted molar refractivity (Wildman–Crippen MR) is 54.0 cm³/mol. The predicted octanol–water partition coefficient (Wildman–Crippen LogP) is 2.38. The van der Waals surface area contributed by atoms with Gasteiger partial charge >= 0.3 is 0 Å². The molecular formula is C10H13F2NO2. The summed E-state index contributed by atoms with van der Waals surface area (Å²) in [4.78, 5) is 0. The van der Waals surface area contributed by atoms with E-state index in [0.717, 1.165) is 5.69 Å². The van der Waals surface area contributed by atoms with E-state index in [4.69, 9.17) is 9.47 Å². The first-order chi connectivity index (χ1) is 7.17. The van der Waals surface area contributed by atoms with Gasteiger partial charge in [0.25, 0.3) is 6.43 Å². The molecule has 0 radical (unpaired) electrons. The SMILES string of the molecule is CNc1ccc(OCC(F)F)c(OC)c1. The third kappa shape index (κ3) is 3.27. The molecule has 0 aliphatic heterocycles. The van der Waals surface area contributed by atoms with E-state index in [0.29, 0.717) is 11.5 Å². The van der Waals surface area contributed by atoms with Crippen LogP contribution in [0.25, 0.3) is 0 Å². The van der Waals surface area contributed by atoms with Crippen molar-refractivity contribution in [2.75, 3.05) is 26.1 Å². The number of halogens is 2. The quantitative estimate of drug-likeness (QED) is 0.821. The summed E-state index contributed by atoms with van der Waals surface area (Å²) in [6, 6.07) is 5.00. The molecule has 0 aromatic heterocycles. The van der Waals surface area contributed by atoms with Crippen molar-refractivity contribution in [2.45, 2.75) is 6.43 Å². The number of benzene rings is 1. The molecule has 3 nitrogen and oxygen atoms in total. The molecule has 0 atom stereocenters. The van der Waals surface area contributed by atoms with Gasteiger partial charge in [-0.1, -0.05) is 0 Å². The smallest absolute Gasteiger partial charge is 0.272 e. The normalized spacial score (nSPS) is 10.2.